The van der Waals surface area contributed by atoms with E-state index in [4.69, 9.17) is 5.11 Å². The van der Waals surface area contributed by atoms with Crippen molar-refractivity contribution in [2.45, 2.75) is 39.7 Å². The SMILES string of the molecule is CC(C)c1n[nH]c(CNC(=O)N2CCC(C(=O)O)C(C)C2)n1. The quantitative estimate of drug-likeness (QED) is 0.773. The minimum absolute atomic E-state index is 0.0465. The molecule has 0 bridgehead atoms. The predicted molar refractivity (Wildman–Crippen MR) is 79.2 cm³/mol. The molecule has 1 fully saturated rings. The van der Waals surface area contributed by atoms with Crippen LogP contribution in [-0.2, 0) is 11.3 Å². The highest BCUT2D eigenvalue weighted by atomic mass is 16.4. The van der Waals surface area contributed by atoms with Crippen molar-refractivity contribution in [1.82, 2.24) is 25.4 Å². The van der Waals surface area contributed by atoms with Crippen LogP contribution in [0.25, 0.3) is 0 Å². The molecule has 0 spiro atoms. The molecule has 1 aromatic rings. The molecule has 3 N–H and O–H groups in total. The van der Waals surface area contributed by atoms with Gasteiger partial charge in [0.2, 0.25) is 0 Å². The summed E-state index contributed by atoms with van der Waals surface area (Å²) in [4.78, 5) is 29.2. The van der Waals surface area contributed by atoms with Crippen LogP contribution < -0.4 is 5.32 Å². The molecule has 8 nitrogen and oxygen atoms in total. The predicted octanol–water partition coefficient (Wildman–Crippen LogP) is 1.18. The van der Waals surface area contributed by atoms with Crippen molar-refractivity contribution in [1.29, 1.82) is 0 Å². The molecule has 2 unspecified atom stereocenters. The van der Waals surface area contributed by atoms with Gasteiger partial charge in [-0.25, -0.2) is 9.78 Å². The number of hydrogen-bond acceptors (Lipinski definition) is 4. The summed E-state index contributed by atoms with van der Waals surface area (Å²) in [5.74, 6) is 0.374. The molecule has 1 saturated heterocycles. The maximum absolute atomic E-state index is 12.1. The first-order valence-corrected chi connectivity index (χ1v) is 7.55. The van der Waals surface area contributed by atoms with E-state index in [1.54, 1.807) is 4.90 Å². The number of rotatable bonds is 4. The third-order valence-electron chi connectivity index (χ3n) is 3.98. The van der Waals surface area contributed by atoms with Gasteiger partial charge in [-0.3, -0.25) is 9.89 Å². The summed E-state index contributed by atoms with van der Waals surface area (Å²) in [5.41, 5.74) is 0. The number of carbonyl (C=O) groups excluding carboxylic acids is 1. The van der Waals surface area contributed by atoms with E-state index < -0.39 is 5.97 Å². The van der Waals surface area contributed by atoms with Crippen LogP contribution in [0.2, 0.25) is 0 Å². The Kier molecular flexibility index (Phi) is 4.99. The van der Waals surface area contributed by atoms with Gasteiger partial charge in [0.05, 0.1) is 12.5 Å². The Hall–Kier alpha value is -2.12. The summed E-state index contributed by atoms with van der Waals surface area (Å²) >= 11 is 0. The molecule has 0 radical (unpaired) electrons. The van der Waals surface area contributed by atoms with Crippen LogP contribution in [0.3, 0.4) is 0 Å². The molecule has 0 saturated carbocycles. The summed E-state index contributed by atoms with van der Waals surface area (Å²) in [6.45, 7) is 7.06. The molecule has 22 heavy (non-hydrogen) atoms. The number of carboxylic acid groups (broad SMARTS) is 1. The largest absolute Gasteiger partial charge is 0.481 e. The van der Waals surface area contributed by atoms with Crippen molar-refractivity contribution in [3.8, 4) is 0 Å². The highest BCUT2D eigenvalue weighted by Crippen LogP contribution is 2.23. The average Bonchev–Trinajstić information content (AvgIpc) is 2.93. The van der Waals surface area contributed by atoms with E-state index in [2.05, 4.69) is 20.5 Å². The molecule has 8 heteroatoms. The van der Waals surface area contributed by atoms with E-state index in [9.17, 15) is 9.59 Å². The molecule has 1 aromatic heterocycles. The Morgan fingerprint density at radius 1 is 1.50 bits per heavy atom. The van der Waals surface area contributed by atoms with Crippen molar-refractivity contribution >= 4 is 12.0 Å². The number of amides is 2. The second-order valence-corrected chi connectivity index (χ2v) is 6.11. The van der Waals surface area contributed by atoms with Gasteiger partial charge in [0.15, 0.2) is 5.82 Å². The maximum atomic E-state index is 12.1. The molecule has 0 aliphatic carbocycles. The van der Waals surface area contributed by atoms with Crippen LogP contribution in [0.15, 0.2) is 0 Å². The number of aromatic nitrogens is 3. The van der Waals surface area contributed by atoms with Crippen LogP contribution in [0.5, 0.6) is 0 Å². The van der Waals surface area contributed by atoms with Crippen molar-refractivity contribution < 1.29 is 14.7 Å². The molecular formula is C14H23N5O3. The first-order valence-electron chi connectivity index (χ1n) is 7.55. The zero-order chi connectivity index (χ0) is 16.3. The monoisotopic (exact) mass is 309 g/mol. The molecule has 2 heterocycles. The Morgan fingerprint density at radius 3 is 2.77 bits per heavy atom. The Labute approximate surface area is 129 Å². The number of aromatic amines is 1. The summed E-state index contributed by atoms with van der Waals surface area (Å²) in [5, 5.41) is 18.8. The number of piperidine rings is 1. The number of H-pyrrole nitrogens is 1. The summed E-state index contributed by atoms with van der Waals surface area (Å²) in [6.07, 6.45) is 0.490. The summed E-state index contributed by atoms with van der Waals surface area (Å²) < 4.78 is 0. The van der Waals surface area contributed by atoms with Crippen LogP contribution >= 0.6 is 0 Å². The molecule has 2 rings (SSSR count). The lowest BCUT2D eigenvalue weighted by Crippen LogP contribution is -2.48. The molecular weight excluding hydrogens is 286 g/mol. The number of carboxylic acids is 1. The number of hydrogen-bond donors (Lipinski definition) is 3. The van der Waals surface area contributed by atoms with Crippen LogP contribution in [0.4, 0.5) is 4.79 Å². The smallest absolute Gasteiger partial charge is 0.317 e. The van der Waals surface area contributed by atoms with Crippen LogP contribution in [0.1, 0.15) is 44.8 Å². The third-order valence-corrected chi connectivity index (χ3v) is 3.98. The number of nitrogens with zero attached hydrogens (tertiary/aromatic N) is 3. The van der Waals surface area contributed by atoms with Crippen molar-refractivity contribution in [3.63, 3.8) is 0 Å². The minimum atomic E-state index is -0.782. The van der Waals surface area contributed by atoms with Gasteiger partial charge in [-0.15, -0.1) is 0 Å². The zero-order valence-corrected chi connectivity index (χ0v) is 13.2. The fourth-order valence-corrected chi connectivity index (χ4v) is 2.62. The molecule has 122 valence electrons. The second-order valence-electron chi connectivity index (χ2n) is 6.11. The van der Waals surface area contributed by atoms with E-state index in [1.807, 2.05) is 20.8 Å². The normalized spacial score (nSPS) is 21.9. The average molecular weight is 309 g/mol. The fraction of sp³-hybridized carbons (Fsp3) is 0.714. The number of likely N-dealkylation sites (tertiary alicyclic amines) is 1. The van der Waals surface area contributed by atoms with Crippen molar-refractivity contribution in [2.24, 2.45) is 11.8 Å². The van der Waals surface area contributed by atoms with Gasteiger partial charge in [-0.2, -0.15) is 5.10 Å². The van der Waals surface area contributed by atoms with Gasteiger partial charge in [-0.05, 0) is 12.3 Å². The number of urea groups is 1. The van der Waals surface area contributed by atoms with E-state index in [-0.39, 0.29) is 30.3 Å². The van der Waals surface area contributed by atoms with Gasteiger partial charge < -0.3 is 15.3 Å². The van der Waals surface area contributed by atoms with Gasteiger partial charge >= 0.3 is 12.0 Å². The van der Waals surface area contributed by atoms with Gasteiger partial charge in [0.1, 0.15) is 5.82 Å². The van der Waals surface area contributed by atoms with E-state index in [1.165, 1.54) is 0 Å². The van der Waals surface area contributed by atoms with E-state index >= 15 is 0 Å². The minimum Gasteiger partial charge on any atom is -0.481 e. The maximum Gasteiger partial charge on any atom is 0.317 e. The zero-order valence-electron chi connectivity index (χ0n) is 13.2. The fourth-order valence-electron chi connectivity index (χ4n) is 2.62. The first-order chi connectivity index (χ1) is 10.4. The first kappa shape index (κ1) is 16.3. The van der Waals surface area contributed by atoms with Gasteiger partial charge in [0, 0.05) is 19.0 Å². The Balaban J connectivity index is 1.84. The molecule has 1 aliphatic rings. The van der Waals surface area contributed by atoms with Gasteiger partial charge in [0.25, 0.3) is 0 Å². The third kappa shape index (κ3) is 3.75. The van der Waals surface area contributed by atoms with E-state index in [0.29, 0.717) is 25.3 Å². The standard InChI is InChI=1S/C14H23N5O3/c1-8(2)12-16-11(17-18-12)6-15-14(22)19-5-4-10(13(20)21)9(3)7-19/h8-10H,4-7H2,1-3H3,(H,15,22)(H,20,21)(H,16,17,18). The number of nitrogens with one attached hydrogen (secondary N) is 2. The summed E-state index contributed by atoms with van der Waals surface area (Å²) in [6, 6.07) is -0.196. The highest BCUT2D eigenvalue weighted by Gasteiger charge is 2.32. The topological polar surface area (TPSA) is 111 Å². The highest BCUT2D eigenvalue weighted by molar-refractivity contribution is 5.75. The molecule has 1 aliphatic heterocycles. The lowest BCUT2D eigenvalue weighted by atomic mass is 9.87. The number of carbonyl (C=O) groups is 2. The lowest BCUT2D eigenvalue weighted by molar-refractivity contribution is -0.145. The van der Waals surface area contributed by atoms with Crippen molar-refractivity contribution in [2.75, 3.05) is 13.1 Å². The number of aliphatic carboxylic acids is 1. The van der Waals surface area contributed by atoms with E-state index in [0.717, 1.165) is 5.82 Å². The molecule has 0 aromatic carbocycles. The van der Waals surface area contributed by atoms with Gasteiger partial charge in [-0.1, -0.05) is 20.8 Å². The lowest BCUT2D eigenvalue weighted by Gasteiger charge is -2.34. The van der Waals surface area contributed by atoms with Crippen molar-refractivity contribution in [3.05, 3.63) is 11.6 Å². The van der Waals surface area contributed by atoms with Crippen LogP contribution in [-0.4, -0.2) is 50.3 Å². The van der Waals surface area contributed by atoms with Crippen LogP contribution in [0, 0.1) is 11.8 Å². The summed E-state index contributed by atoms with van der Waals surface area (Å²) in [7, 11) is 0. The Bertz CT molecular complexity index is 542. The second kappa shape index (κ2) is 6.76. The Morgan fingerprint density at radius 2 is 2.23 bits per heavy atom. The molecule has 2 atom stereocenters. The molecule has 2 amide bonds.